The van der Waals surface area contributed by atoms with E-state index in [1.165, 1.54) is 22.7 Å². The maximum atomic E-state index is 12.7. The van der Waals surface area contributed by atoms with Gasteiger partial charge in [-0.3, -0.25) is 9.59 Å². The van der Waals surface area contributed by atoms with Crippen LogP contribution in [0.4, 0.5) is 5.13 Å². The number of thiazole rings is 1. The molecule has 1 aliphatic heterocycles. The molecule has 0 aromatic carbocycles. The Morgan fingerprint density at radius 2 is 2.27 bits per heavy atom. The van der Waals surface area contributed by atoms with E-state index in [1.807, 2.05) is 16.3 Å². The molecule has 4 N–H and O–H groups in total. The van der Waals surface area contributed by atoms with Gasteiger partial charge >= 0.3 is 0 Å². The van der Waals surface area contributed by atoms with Gasteiger partial charge in [-0.25, -0.2) is 4.98 Å². The highest BCUT2D eigenvalue weighted by Crippen LogP contribution is 2.36. The first-order valence-electron chi connectivity index (χ1n) is 8.56. The molecule has 7 nitrogen and oxygen atoms in total. The maximum absolute atomic E-state index is 12.7. The lowest BCUT2D eigenvalue weighted by atomic mass is 10.1. The zero-order valence-electron chi connectivity index (χ0n) is 14.3. The van der Waals surface area contributed by atoms with Gasteiger partial charge in [0.1, 0.15) is 0 Å². The van der Waals surface area contributed by atoms with Crippen LogP contribution in [0, 0.1) is 0 Å². The summed E-state index contributed by atoms with van der Waals surface area (Å²) in [5.74, 6) is -0.0777. The van der Waals surface area contributed by atoms with Gasteiger partial charge in [0.25, 0.3) is 5.91 Å². The third-order valence-corrected chi connectivity index (χ3v) is 6.22. The van der Waals surface area contributed by atoms with Crippen LogP contribution in [-0.2, 0) is 11.2 Å². The predicted molar refractivity (Wildman–Crippen MR) is 102 cm³/mol. The number of aliphatic hydroxyl groups is 1. The molecule has 0 bridgehead atoms. The number of nitrogens with zero attached hydrogens (tertiary/aromatic N) is 2. The molecule has 3 heterocycles. The molecule has 0 unspecified atom stereocenters. The summed E-state index contributed by atoms with van der Waals surface area (Å²) in [4.78, 5) is 32.4. The Hall–Kier alpha value is -1.97. The van der Waals surface area contributed by atoms with E-state index >= 15 is 0 Å². The number of nitrogens with one attached hydrogen (secondary N) is 1. The largest absolute Gasteiger partial charge is 0.395 e. The fourth-order valence-electron chi connectivity index (χ4n) is 3.09. The molecule has 0 aliphatic carbocycles. The molecule has 1 atom stereocenters. The number of rotatable bonds is 7. The second-order valence-corrected chi connectivity index (χ2v) is 8.11. The molecule has 2 aromatic heterocycles. The average molecular weight is 395 g/mol. The summed E-state index contributed by atoms with van der Waals surface area (Å²) in [6.45, 7) is 0.896. The Morgan fingerprint density at radius 1 is 1.42 bits per heavy atom. The van der Waals surface area contributed by atoms with Gasteiger partial charge in [0.2, 0.25) is 5.91 Å². The van der Waals surface area contributed by atoms with E-state index in [9.17, 15) is 9.59 Å². The fraction of sp³-hybridized carbons (Fsp3) is 0.471. The second-order valence-electron chi connectivity index (χ2n) is 6.10. The lowest BCUT2D eigenvalue weighted by molar-refractivity contribution is -0.132. The van der Waals surface area contributed by atoms with E-state index in [0.29, 0.717) is 22.9 Å². The van der Waals surface area contributed by atoms with Crippen molar-refractivity contribution >= 4 is 39.6 Å². The summed E-state index contributed by atoms with van der Waals surface area (Å²) >= 11 is 2.80. The number of likely N-dealkylation sites (tertiary alicyclic amines) is 1. The minimum absolute atomic E-state index is 0.0346. The number of hydrogen-bond donors (Lipinski definition) is 3. The van der Waals surface area contributed by atoms with Crippen molar-refractivity contribution in [3.05, 3.63) is 33.0 Å². The van der Waals surface area contributed by atoms with Gasteiger partial charge < -0.3 is 21.1 Å². The Balaban J connectivity index is 1.61. The molecule has 1 saturated heterocycles. The molecule has 3 rings (SSSR count). The number of aliphatic hydroxyl groups excluding tert-OH is 1. The number of carbonyl (C=O) groups is 2. The highest BCUT2D eigenvalue weighted by Gasteiger charge is 2.31. The molecular formula is C17H22N4O3S2. The van der Waals surface area contributed by atoms with E-state index in [0.717, 1.165) is 30.0 Å². The zero-order valence-corrected chi connectivity index (χ0v) is 15.9. The van der Waals surface area contributed by atoms with E-state index in [4.69, 9.17) is 10.8 Å². The van der Waals surface area contributed by atoms with Gasteiger partial charge in [-0.05, 0) is 31.4 Å². The first-order valence-corrected chi connectivity index (χ1v) is 10.3. The van der Waals surface area contributed by atoms with Crippen LogP contribution in [0.1, 0.15) is 45.5 Å². The molecular weight excluding hydrogens is 372 g/mol. The molecule has 0 radical (unpaired) electrons. The van der Waals surface area contributed by atoms with Crippen LogP contribution in [0.3, 0.4) is 0 Å². The summed E-state index contributed by atoms with van der Waals surface area (Å²) in [5, 5.41) is 13.9. The molecule has 2 aromatic rings. The number of aromatic nitrogens is 1. The van der Waals surface area contributed by atoms with Crippen LogP contribution >= 0.6 is 22.7 Å². The smallest absolute Gasteiger partial charge is 0.261 e. The van der Waals surface area contributed by atoms with Crippen LogP contribution in [0.2, 0.25) is 0 Å². The highest BCUT2D eigenvalue weighted by molar-refractivity contribution is 7.14. The molecule has 26 heavy (non-hydrogen) atoms. The van der Waals surface area contributed by atoms with Gasteiger partial charge in [0.05, 0.1) is 23.2 Å². The average Bonchev–Trinajstić information content (AvgIpc) is 3.36. The van der Waals surface area contributed by atoms with Crippen LogP contribution in [0.25, 0.3) is 0 Å². The molecule has 0 saturated carbocycles. The fourth-order valence-corrected chi connectivity index (χ4v) is 4.76. The van der Waals surface area contributed by atoms with Crippen molar-refractivity contribution in [3.8, 4) is 0 Å². The summed E-state index contributed by atoms with van der Waals surface area (Å²) in [7, 11) is 0. The number of nitrogens with two attached hydrogens (primary N) is 1. The second kappa shape index (κ2) is 8.61. The minimum atomic E-state index is -0.188. The Kier molecular flexibility index (Phi) is 6.23. The van der Waals surface area contributed by atoms with E-state index in [-0.39, 0.29) is 31.0 Å². The van der Waals surface area contributed by atoms with Crippen LogP contribution in [0.5, 0.6) is 0 Å². The van der Waals surface area contributed by atoms with Crippen LogP contribution in [0.15, 0.2) is 17.5 Å². The van der Waals surface area contributed by atoms with E-state index in [1.54, 1.807) is 6.07 Å². The Labute approximate surface area is 159 Å². The van der Waals surface area contributed by atoms with Crippen molar-refractivity contribution in [2.75, 3.05) is 25.4 Å². The monoisotopic (exact) mass is 394 g/mol. The molecule has 9 heteroatoms. The number of thiophene rings is 1. The van der Waals surface area contributed by atoms with Crippen LogP contribution in [-0.4, -0.2) is 46.5 Å². The van der Waals surface area contributed by atoms with Gasteiger partial charge in [0, 0.05) is 29.8 Å². The lowest BCUT2D eigenvalue weighted by Crippen LogP contribution is -2.30. The van der Waals surface area contributed by atoms with Gasteiger partial charge in [-0.15, -0.1) is 22.7 Å². The normalized spacial score (nSPS) is 16.8. The molecule has 1 fully saturated rings. The highest BCUT2D eigenvalue weighted by atomic mass is 32.1. The van der Waals surface area contributed by atoms with Crippen LogP contribution < -0.4 is 11.1 Å². The third kappa shape index (κ3) is 4.40. The SMILES string of the molecule is Nc1nc(CCC(=O)N2CCC[C@@H]2c2ccc(C(=O)NCCO)s2)cs1. The molecule has 1 aliphatic rings. The number of aryl methyl sites for hydroxylation is 1. The molecule has 2 amide bonds. The topological polar surface area (TPSA) is 109 Å². The van der Waals surface area contributed by atoms with Crippen molar-refractivity contribution < 1.29 is 14.7 Å². The standard InChI is InChI=1S/C17H22N4O3S2/c18-17-20-11(10-25-17)3-6-15(23)21-8-1-2-12(21)13-4-5-14(26-13)16(24)19-7-9-22/h4-5,10,12,22H,1-3,6-9H2,(H2,18,20)(H,19,24)/t12-/m1/s1. The van der Waals surface area contributed by atoms with Gasteiger partial charge in [-0.2, -0.15) is 0 Å². The van der Waals surface area contributed by atoms with Crippen molar-refractivity contribution in [1.82, 2.24) is 15.2 Å². The van der Waals surface area contributed by atoms with Gasteiger partial charge in [0.15, 0.2) is 5.13 Å². The first-order chi connectivity index (χ1) is 12.6. The first kappa shape index (κ1) is 18.8. The number of nitrogen functional groups attached to an aromatic ring is 1. The summed E-state index contributed by atoms with van der Waals surface area (Å²) in [5.41, 5.74) is 6.49. The third-order valence-electron chi connectivity index (χ3n) is 4.31. The number of carbonyl (C=O) groups excluding carboxylic acids is 2. The Bertz CT molecular complexity index is 774. The summed E-state index contributed by atoms with van der Waals surface area (Å²) in [6.07, 6.45) is 2.88. The maximum Gasteiger partial charge on any atom is 0.261 e. The lowest BCUT2D eigenvalue weighted by Gasteiger charge is -2.23. The predicted octanol–water partition coefficient (Wildman–Crippen LogP) is 1.81. The Morgan fingerprint density at radius 3 is 3.00 bits per heavy atom. The summed E-state index contributed by atoms with van der Waals surface area (Å²) < 4.78 is 0. The number of anilines is 1. The van der Waals surface area contributed by atoms with Crippen molar-refractivity contribution in [3.63, 3.8) is 0 Å². The van der Waals surface area contributed by atoms with Crippen molar-refractivity contribution in [1.29, 1.82) is 0 Å². The molecule has 0 spiro atoms. The van der Waals surface area contributed by atoms with Gasteiger partial charge in [-0.1, -0.05) is 0 Å². The van der Waals surface area contributed by atoms with E-state index < -0.39 is 0 Å². The number of amides is 2. The van der Waals surface area contributed by atoms with Crippen molar-refractivity contribution in [2.24, 2.45) is 0 Å². The zero-order chi connectivity index (χ0) is 18.5. The quantitative estimate of drug-likeness (QED) is 0.664. The molecule has 140 valence electrons. The summed E-state index contributed by atoms with van der Waals surface area (Å²) in [6, 6.07) is 3.74. The minimum Gasteiger partial charge on any atom is -0.395 e. The van der Waals surface area contributed by atoms with Crippen molar-refractivity contribution in [2.45, 2.75) is 31.7 Å². The number of hydrogen-bond acceptors (Lipinski definition) is 7. The van der Waals surface area contributed by atoms with E-state index in [2.05, 4.69) is 10.3 Å².